The van der Waals surface area contributed by atoms with Gasteiger partial charge in [-0.25, -0.2) is 9.37 Å². The fourth-order valence-corrected chi connectivity index (χ4v) is 1.82. The van der Waals surface area contributed by atoms with E-state index in [1.807, 2.05) is 20.8 Å². The molecule has 1 heterocycles. The van der Waals surface area contributed by atoms with Gasteiger partial charge in [0.25, 0.3) is 0 Å². The molecule has 0 N–H and O–H groups in total. The van der Waals surface area contributed by atoms with Crippen LogP contribution in [0.1, 0.15) is 18.9 Å². The molecule has 0 atom stereocenters. The Morgan fingerprint density at radius 1 is 1.31 bits per heavy atom. The summed E-state index contributed by atoms with van der Waals surface area (Å²) >= 11 is 1.58. The summed E-state index contributed by atoms with van der Waals surface area (Å²) in [5.41, 5.74) is 0.757. The molecule has 2 rings (SSSR count). The number of fused-ring (bicyclic) bond motifs is 1. The molecule has 70 valence electrons. The van der Waals surface area contributed by atoms with Crippen molar-refractivity contribution in [2.45, 2.75) is 20.8 Å². The predicted molar refractivity (Wildman–Crippen MR) is 55.7 cm³/mol. The van der Waals surface area contributed by atoms with Gasteiger partial charge in [0.05, 0.1) is 15.2 Å². The van der Waals surface area contributed by atoms with Gasteiger partial charge in [0, 0.05) is 6.07 Å². The van der Waals surface area contributed by atoms with E-state index in [0.717, 1.165) is 15.2 Å². The van der Waals surface area contributed by atoms with Crippen molar-refractivity contribution in [3.63, 3.8) is 0 Å². The lowest BCUT2D eigenvalue weighted by molar-refractivity contribution is 0.629. The van der Waals surface area contributed by atoms with Crippen LogP contribution in [0.15, 0.2) is 18.2 Å². The lowest BCUT2D eigenvalue weighted by Crippen LogP contribution is -1.72. The number of aromatic nitrogens is 1. The van der Waals surface area contributed by atoms with Crippen LogP contribution in [0.2, 0.25) is 0 Å². The highest BCUT2D eigenvalue weighted by Crippen LogP contribution is 2.21. The minimum atomic E-state index is -0.220. The number of thiazole rings is 1. The van der Waals surface area contributed by atoms with Gasteiger partial charge in [-0.15, -0.1) is 11.3 Å². The number of aryl methyl sites for hydroxylation is 1. The fraction of sp³-hybridized carbons (Fsp3) is 0.300. The summed E-state index contributed by atoms with van der Waals surface area (Å²) < 4.78 is 13.7. The Morgan fingerprint density at radius 2 is 2.00 bits per heavy atom. The Balaban J connectivity index is 0.000000396. The summed E-state index contributed by atoms with van der Waals surface area (Å²) in [6, 6.07) is 4.67. The second kappa shape index (κ2) is 4.33. The summed E-state index contributed by atoms with van der Waals surface area (Å²) in [5, 5.41) is 0.977. The van der Waals surface area contributed by atoms with Gasteiger partial charge < -0.3 is 0 Å². The standard InChI is InChI=1S/C8H6FNS.C2H6/c1-5-10-7-4-6(9)2-3-8(7)11-5;1-2/h2-4H,1H3;1-2H3. The average Bonchev–Trinajstić information content (AvgIpc) is 2.48. The topological polar surface area (TPSA) is 12.9 Å². The Kier molecular flexibility index (Phi) is 3.37. The van der Waals surface area contributed by atoms with Gasteiger partial charge in [-0.2, -0.15) is 0 Å². The summed E-state index contributed by atoms with van der Waals surface area (Å²) in [4.78, 5) is 4.15. The van der Waals surface area contributed by atoms with Crippen LogP contribution in [-0.2, 0) is 0 Å². The second-order valence-corrected chi connectivity index (χ2v) is 3.58. The van der Waals surface area contributed by atoms with Gasteiger partial charge in [0.15, 0.2) is 0 Å². The number of halogens is 1. The van der Waals surface area contributed by atoms with Gasteiger partial charge in [0.2, 0.25) is 0 Å². The van der Waals surface area contributed by atoms with Gasteiger partial charge in [-0.3, -0.25) is 0 Å². The Morgan fingerprint density at radius 3 is 2.69 bits per heavy atom. The van der Waals surface area contributed by atoms with E-state index in [1.165, 1.54) is 12.1 Å². The van der Waals surface area contributed by atoms with Crippen LogP contribution >= 0.6 is 11.3 Å². The van der Waals surface area contributed by atoms with Crippen molar-refractivity contribution < 1.29 is 4.39 Å². The van der Waals surface area contributed by atoms with Crippen molar-refractivity contribution in [2.24, 2.45) is 0 Å². The molecule has 0 fully saturated rings. The molecule has 1 aromatic heterocycles. The third-order valence-electron chi connectivity index (χ3n) is 1.46. The van der Waals surface area contributed by atoms with E-state index in [1.54, 1.807) is 17.4 Å². The van der Waals surface area contributed by atoms with E-state index in [-0.39, 0.29) is 5.82 Å². The van der Waals surface area contributed by atoms with Crippen LogP contribution in [0, 0.1) is 12.7 Å². The largest absolute Gasteiger partial charge is 0.241 e. The van der Waals surface area contributed by atoms with Crippen molar-refractivity contribution in [3.8, 4) is 0 Å². The molecule has 0 amide bonds. The maximum absolute atomic E-state index is 12.6. The van der Waals surface area contributed by atoms with Crippen molar-refractivity contribution in [3.05, 3.63) is 29.0 Å². The first-order chi connectivity index (χ1) is 6.25. The predicted octanol–water partition coefficient (Wildman–Crippen LogP) is 3.77. The van der Waals surface area contributed by atoms with E-state index < -0.39 is 0 Å². The average molecular weight is 197 g/mol. The third-order valence-corrected chi connectivity index (χ3v) is 2.41. The van der Waals surface area contributed by atoms with Gasteiger partial charge in [-0.1, -0.05) is 13.8 Å². The monoisotopic (exact) mass is 197 g/mol. The van der Waals surface area contributed by atoms with Crippen LogP contribution in [-0.4, -0.2) is 4.98 Å². The lowest BCUT2D eigenvalue weighted by atomic mass is 10.3. The van der Waals surface area contributed by atoms with Crippen LogP contribution in [0.5, 0.6) is 0 Å². The van der Waals surface area contributed by atoms with Crippen molar-refractivity contribution in [2.75, 3.05) is 0 Å². The number of hydrogen-bond acceptors (Lipinski definition) is 2. The van der Waals surface area contributed by atoms with E-state index in [9.17, 15) is 4.39 Å². The Labute approximate surface area is 81.2 Å². The van der Waals surface area contributed by atoms with Crippen LogP contribution in [0.3, 0.4) is 0 Å². The molecular weight excluding hydrogens is 185 g/mol. The number of rotatable bonds is 0. The Hall–Kier alpha value is -0.960. The lowest BCUT2D eigenvalue weighted by Gasteiger charge is -1.85. The molecule has 0 aliphatic carbocycles. The molecule has 1 nitrogen and oxygen atoms in total. The van der Waals surface area contributed by atoms with Crippen molar-refractivity contribution in [1.29, 1.82) is 0 Å². The van der Waals surface area contributed by atoms with Crippen LogP contribution in [0.25, 0.3) is 10.2 Å². The smallest absolute Gasteiger partial charge is 0.125 e. The van der Waals surface area contributed by atoms with Crippen LogP contribution in [0.4, 0.5) is 4.39 Å². The molecule has 13 heavy (non-hydrogen) atoms. The summed E-state index contributed by atoms with van der Waals surface area (Å²) in [6.07, 6.45) is 0. The molecule has 0 saturated carbocycles. The molecule has 0 aliphatic heterocycles. The molecular formula is C10H12FNS. The zero-order valence-corrected chi connectivity index (χ0v) is 8.78. The van der Waals surface area contributed by atoms with Gasteiger partial charge in [-0.05, 0) is 19.1 Å². The van der Waals surface area contributed by atoms with E-state index in [0.29, 0.717) is 0 Å². The second-order valence-electron chi connectivity index (χ2n) is 2.34. The molecule has 0 aliphatic rings. The minimum absolute atomic E-state index is 0.220. The molecule has 3 heteroatoms. The molecule has 0 saturated heterocycles. The maximum Gasteiger partial charge on any atom is 0.125 e. The first-order valence-corrected chi connectivity index (χ1v) is 5.10. The van der Waals surface area contributed by atoms with E-state index in [2.05, 4.69) is 4.98 Å². The summed E-state index contributed by atoms with van der Waals surface area (Å²) in [5.74, 6) is -0.220. The molecule has 0 spiro atoms. The first-order valence-electron chi connectivity index (χ1n) is 4.28. The summed E-state index contributed by atoms with van der Waals surface area (Å²) in [7, 11) is 0. The van der Waals surface area contributed by atoms with E-state index >= 15 is 0 Å². The highest BCUT2D eigenvalue weighted by atomic mass is 32.1. The molecule has 0 unspecified atom stereocenters. The SMILES string of the molecule is CC.Cc1nc2cc(F)ccc2s1. The molecule has 1 aromatic carbocycles. The first kappa shape index (κ1) is 10.1. The van der Waals surface area contributed by atoms with Crippen molar-refractivity contribution >= 4 is 21.6 Å². The van der Waals surface area contributed by atoms with Gasteiger partial charge >= 0.3 is 0 Å². The normalized spacial score (nSPS) is 9.54. The molecule has 0 bridgehead atoms. The van der Waals surface area contributed by atoms with Crippen LogP contribution < -0.4 is 0 Å². The Bertz CT molecular complexity index is 395. The van der Waals surface area contributed by atoms with Crippen molar-refractivity contribution in [1.82, 2.24) is 4.98 Å². The number of benzene rings is 1. The fourth-order valence-electron chi connectivity index (χ4n) is 1.02. The zero-order valence-electron chi connectivity index (χ0n) is 7.97. The quantitative estimate of drug-likeness (QED) is 0.626. The third kappa shape index (κ3) is 2.25. The molecule has 0 radical (unpaired) electrons. The molecule has 2 aromatic rings. The highest BCUT2D eigenvalue weighted by Gasteiger charge is 1.99. The highest BCUT2D eigenvalue weighted by molar-refractivity contribution is 7.18. The maximum atomic E-state index is 12.6. The number of hydrogen-bond donors (Lipinski definition) is 0. The van der Waals surface area contributed by atoms with E-state index in [4.69, 9.17) is 0 Å². The zero-order chi connectivity index (χ0) is 9.84. The summed E-state index contributed by atoms with van der Waals surface area (Å²) in [6.45, 7) is 5.92. The number of nitrogens with zero attached hydrogens (tertiary/aromatic N) is 1. The minimum Gasteiger partial charge on any atom is -0.241 e. The van der Waals surface area contributed by atoms with Gasteiger partial charge in [0.1, 0.15) is 5.82 Å².